The molecule has 0 saturated heterocycles. The van der Waals surface area contributed by atoms with Gasteiger partial charge in [-0.05, 0) is 24.3 Å². The summed E-state index contributed by atoms with van der Waals surface area (Å²) in [7, 11) is 0. The highest BCUT2D eigenvalue weighted by Gasteiger charge is 2.48. The number of alkyl halides is 7. The molecule has 1 aromatic carbocycles. The molecule has 10 heteroatoms. The number of anilines is 1. The Morgan fingerprint density at radius 2 is 1.62 bits per heavy atom. The lowest BCUT2D eigenvalue weighted by Crippen LogP contribution is -2.40. The highest BCUT2D eigenvalue weighted by Crippen LogP contribution is 2.25. The van der Waals surface area contributed by atoms with Crippen LogP contribution in [0.25, 0.3) is 0 Å². The van der Waals surface area contributed by atoms with Crippen LogP contribution in [0.5, 0.6) is 5.75 Å². The Hall–Kier alpha value is -2.00. The molecular weight excluding hydrogens is 311 g/mol. The molecule has 0 saturated carbocycles. The van der Waals surface area contributed by atoms with E-state index in [9.17, 15) is 35.5 Å². The molecule has 21 heavy (non-hydrogen) atoms. The number of ether oxygens (including phenoxy) is 1. The summed E-state index contributed by atoms with van der Waals surface area (Å²) in [5.74, 6) is -7.32. The van der Waals surface area contributed by atoms with Gasteiger partial charge in [-0.3, -0.25) is 4.79 Å². The van der Waals surface area contributed by atoms with E-state index in [2.05, 4.69) is 4.74 Å². The standard InChI is InChI=1S/C11H8F7NO2/c12-8(13)11(17,18)9(20)19-6-1-3-7(4-2-6)21-5-10(14,15)16/h1-4,8H,5H2,(H,19,20). The Labute approximate surface area is 113 Å². The van der Waals surface area contributed by atoms with E-state index >= 15 is 0 Å². The van der Waals surface area contributed by atoms with Gasteiger partial charge in [0.05, 0.1) is 0 Å². The van der Waals surface area contributed by atoms with Crippen molar-refractivity contribution in [1.29, 1.82) is 0 Å². The molecule has 0 unspecified atom stereocenters. The lowest BCUT2D eigenvalue weighted by Gasteiger charge is -2.15. The molecule has 1 rings (SSSR count). The molecule has 118 valence electrons. The molecule has 0 spiro atoms. The van der Waals surface area contributed by atoms with Crippen molar-refractivity contribution in [3.05, 3.63) is 24.3 Å². The van der Waals surface area contributed by atoms with Gasteiger partial charge in [-0.2, -0.15) is 22.0 Å². The molecule has 0 aromatic heterocycles. The summed E-state index contributed by atoms with van der Waals surface area (Å²) in [4.78, 5) is 10.9. The molecule has 3 nitrogen and oxygen atoms in total. The lowest BCUT2D eigenvalue weighted by molar-refractivity contribution is -0.163. The number of carbonyl (C=O) groups excluding carboxylic acids is 1. The number of carbonyl (C=O) groups is 1. The molecule has 0 bridgehead atoms. The first kappa shape index (κ1) is 17.1. The van der Waals surface area contributed by atoms with Crippen molar-refractivity contribution >= 4 is 11.6 Å². The Morgan fingerprint density at radius 3 is 2.05 bits per heavy atom. The Morgan fingerprint density at radius 1 is 1.10 bits per heavy atom. The fraction of sp³-hybridized carbons (Fsp3) is 0.364. The normalized spacial score (nSPS) is 12.4. The molecule has 1 N–H and O–H groups in total. The van der Waals surface area contributed by atoms with Gasteiger partial charge in [0.1, 0.15) is 5.75 Å². The van der Waals surface area contributed by atoms with Gasteiger partial charge >= 0.3 is 24.4 Å². The third-order valence-corrected chi connectivity index (χ3v) is 2.09. The topological polar surface area (TPSA) is 38.3 Å². The fourth-order valence-corrected chi connectivity index (χ4v) is 1.11. The minimum absolute atomic E-state index is 0.231. The smallest absolute Gasteiger partial charge is 0.422 e. The highest BCUT2D eigenvalue weighted by molar-refractivity contribution is 5.96. The van der Waals surface area contributed by atoms with Crippen molar-refractivity contribution in [2.75, 3.05) is 11.9 Å². The van der Waals surface area contributed by atoms with E-state index in [1.54, 1.807) is 0 Å². The van der Waals surface area contributed by atoms with Crippen LogP contribution in [0.1, 0.15) is 0 Å². The number of halogens is 7. The average molecular weight is 319 g/mol. The van der Waals surface area contributed by atoms with Crippen LogP contribution in [0.2, 0.25) is 0 Å². The van der Waals surface area contributed by atoms with Gasteiger partial charge < -0.3 is 10.1 Å². The molecule has 0 aliphatic rings. The average Bonchev–Trinajstić information content (AvgIpc) is 2.36. The van der Waals surface area contributed by atoms with Crippen LogP contribution >= 0.6 is 0 Å². The first-order chi connectivity index (χ1) is 9.52. The maximum atomic E-state index is 12.6. The van der Waals surface area contributed by atoms with E-state index in [1.165, 1.54) is 5.32 Å². The van der Waals surface area contributed by atoms with E-state index in [0.717, 1.165) is 24.3 Å². The third-order valence-electron chi connectivity index (χ3n) is 2.09. The summed E-state index contributed by atoms with van der Waals surface area (Å²) < 4.78 is 89.0. The van der Waals surface area contributed by atoms with Crippen LogP contribution in [0.3, 0.4) is 0 Å². The largest absolute Gasteiger partial charge is 0.484 e. The first-order valence-electron chi connectivity index (χ1n) is 5.29. The molecular formula is C11H8F7NO2. The summed E-state index contributed by atoms with van der Waals surface area (Å²) in [6.45, 7) is -1.55. The number of nitrogens with one attached hydrogen (secondary N) is 1. The van der Waals surface area contributed by atoms with Gasteiger partial charge in [0.15, 0.2) is 6.61 Å². The quantitative estimate of drug-likeness (QED) is 0.844. The zero-order chi connectivity index (χ0) is 16.3. The number of rotatable bonds is 5. The second-order valence-electron chi connectivity index (χ2n) is 3.81. The molecule has 0 fully saturated rings. The monoisotopic (exact) mass is 319 g/mol. The van der Waals surface area contributed by atoms with Gasteiger partial charge in [0.25, 0.3) is 0 Å². The number of hydrogen-bond donors (Lipinski definition) is 1. The SMILES string of the molecule is O=C(Nc1ccc(OCC(F)(F)F)cc1)C(F)(F)C(F)F. The van der Waals surface area contributed by atoms with Gasteiger partial charge in [-0.25, -0.2) is 8.78 Å². The van der Waals surface area contributed by atoms with E-state index in [1.807, 2.05) is 0 Å². The molecule has 0 aliphatic carbocycles. The van der Waals surface area contributed by atoms with Crippen molar-refractivity contribution in [1.82, 2.24) is 0 Å². The summed E-state index contributed by atoms with van der Waals surface area (Å²) in [5.41, 5.74) is -0.292. The van der Waals surface area contributed by atoms with Gasteiger partial charge in [-0.1, -0.05) is 0 Å². The highest BCUT2D eigenvalue weighted by atomic mass is 19.4. The molecule has 1 aromatic rings. The fourth-order valence-electron chi connectivity index (χ4n) is 1.11. The number of amides is 1. The number of benzene rings is 1. The van der Waals surface area contributed by atoms with Crippen molar-refractivity contribution in [3.8, 4) is 5.75 Å². The molecule has 0 atom stereocenters. The van der Waals surface area contributed by atoms with Crippen molar-refractivity contribution in [2.45, 2.75) is 18.5 Å². The zero-order valence-corrected chi connectivity index (χ0v) is 10.1. The van der Waals surface area contributed by atoms with E-state index in [-0.39, 0.29) is 11.4 Å². The molecule has 1 amide bonds. The first-order valence-corrected chi connectivity index (χ1v) is 5.29. The van der Waals surface area contributed by atoms with E-state index in [4.69, 9.17) is 0 Å². The Kier molecular flexibility index (Phi) is 5.02. The van der Waals surface area contributed by atoms with Crippen molar-refractivity contribution < 1.29 is 40.3 Å². The lowest BCUT2D eigenvalue weighted by atomic mass is 10.2. The maximum absolute atomic E-state index is 12.6. The Bertz CT molecular complexity index is 484. The predicted molar refractivity (Wildman–Crippen MR) is 57.6 cm³/mol. The van der Waals surface area contributed by atoms with Crippen LogP contribution in [-0.2, 0) is 4.79 Å². The summed E-state index contributed by atoms with van der Waals surface area (Å²) in [6.07, 6.45) is -8.72. The van der Waals surface area contributed by atoms with Crippen LogP contribution in [-0.4, -0.2) is 31.0 Å². The summed E-state index contributed by atoms with van der Waals surface area (Å²) in [6, 6.07) is 3.79. The van der Waals surface area contributed by atoms with Gasteiger partial charge in [0, 0.05) is 5.69 Å². The van der Waals surface area contributed by atoms with E-state index < -0.39 is 31.0 Å². The van der Waals surface area contributed by atoms with Crippen molar-refractivity contribution in [2.24, 2.45) is 0 Å². The second kappa shape index (κ2) is 6.19. The second-order valence-corrected chi connectivity index (χ2v) is 3.81. The van der Waals surface area contributed by atoms with Crippen LogP contribution in [0.4, 0.5) is 36.4 Å². The summed E-state index contributed by atoms with van der Waals surface area (Å²) >= 11 is 0. The molecule has 0 radical (unpaired) electrons. The van der Waals surface area contributed by atoms with Gasteiger partial charge in [-0.15, -0.1) is 0 Å². The zero-order valence-electron chi connectivity index (χ0n) is 10.1. The van der Waals surface area contributed by atoms with Crippen LogP contribution in [0, 0.1) is 0 Å². The van der Waals surface area contributed by atoms with E-state index in [0.29, 0.717) is 0 Å². The Balaban J connectivity index is 2.65. The maximum Gasteiger partial charge on any atom is 0.422 e. The minimum atomic E-state index is -4.87. The molecule has 0 aliphatic heterocycles. The predicted octanol–water partition coefficient (Wildman–Crippen LogP) is 3.47. The van der Waals surface area contributed by atoms with Crippen LogP contribution in [0.15, 0.2) is 24.3 Å². The van der Waals surface area contributed by atoms with Crippen LogP contribution < -0.4 is 10.1 Å². The summed E-state index contributed by atoms with van der Waals surface area (Å²) in [5, 5.41) is 1.52. The third kappa shape index (κ3) is 5.12. The molecule has 0 heterocycles. The minimum Gasteiger partial charge on any atom is -0.484 e. The number of hydrogen-bond acceptors (Lipinski definition) is 2. The van der Waals surface area contributed by atoms with Gasteiger partial charge in [0.2, 0.25) is 0 Å². The van der Waals surface area contributed by atoms with Crippen molar-refractivity contribution in [3.63, 3.8) is 0 Å².